The number of ether oxygens (including phenoxy) is 1. The van der Waals surface area contributed by atoms with Gasteiger partial charge in [0, 0.05) is 5.02 Å². The molecule has 0 bridgehead atoms. The van der Waals surface area contributed by atoms with E-state index in [-0.39, 0.29) is 22.9 Å². The molecule has 2 atom stereocenters. The van der Waals surface area contributed by atoms with Crippen molar-refractivity contribution in [2.24, 2.45) is 11.8 Å². The van der Waals surface area contributed by atoms with Crippen LogP contribution >= 0.6 is 11.6 Å². The number of hydrogen-bond acceptors (Lipinski definition) is 4. The maximum atomic E-state index is 14.5. The van der Waals surface area contributed by atoms with E-state index in [0.717, 1.165) is 11.6 Å². The van der Waals surface area contributed by atoms with Gasteiger partial charge in [0.05, 0.1) is 17.5 Å². The van der Waals surface area contributed by atoms with Crippen LogP contribution in [-0.4, -0.2) is 29.3 Å². The lowest BCUT2D eigenvalue weighted by molar-refractivity contribution is -0.124. The minimum Gasteiger partial charge on any atom is -0.444 e. The number of ketones is 2. The summed E-state index contributed by atoms with van der Waals surface area (Å²) >= 11 is 5.82. The lowest BCUT2D eigenvalue weighted by atomic mass is 9.82. The Morgan fingerprint density at radius 3 is 2.22 bits per heavy atom. The Balaban J connectivity index is 2.40. The minimum atomic E-state index is -1.20. The topological polar surface area (TPSA) is 72.5 Å². The highest BCUT2D eigenvalue weighted by molar-refractivity contribution is 6.30. The monoisotopic (exact) mass is 461 g/mol. The molecule has 0 aliphatic rings. The molecule has 0 aromatic heterocycles. The molecule has 0 aliphatic heterocycles. The number of nitrogens with one attached hydrogen (secondary N) is 1. The molecule has 7 heteroatoms. The standard InChI is InChI=1S/C25H29ClFNO4/c1-15(2)21(28-24(31)32-25(3,4)5)23(30)19(13-16-9-7-6-8-10-16)22(29)18-12-11-17(26)14-20(18)27/h6-12,14-15,19,21H,13H2,1-5H3,(H,28,31). The van der Waals surface area contributed by atoms with Gasteiger partial charge in [-0.3, -0.25) is 9.59 Å². The van der Waals surface area contributed by atoms with Gasteiger partial charge in [0.25, 0.3) is 0 Å². The van der Waals surface area contributed by atoms with Gasteiger partial charge in [-0.2, -0.15) is 0 Å². The predicted molar refractivity (Wildman–Crippen MR) is 122 cm³/mol. The van der Waals surface area contributed by atoms with Gasteiger partial charge in [0.1, 0.15) is 11.4 Å². The summed E-state index contributed by atoms with van der Waals surface area (Å²) in [7, 11) is 0. The van der Waals surface area contributed by atoms with E-state index >= 15 is 0 Å². The molecule has 0 heterocycles. The van der Waals surface area contributed by atoms with Crippen molar-refractivity contribution < 1.29 is 23.5 Å². The fraction of sp³-hybridized carbons (Fsp3) is 0.400. The summed E-state index contributed by atoms with van der Waals surface area (Å²) in [6.07, 6.45) is -0.687. The van der Waals surface area contributed by atoms with Crippen LogP contribution in [-0.2, 0) is 16.0 Å². The smallest absolute Gasteiger partial charge is 0.408 e. The lowest BCUT2D eigenvalue weighted by Crippen LogP contribution is -2.50. The molecule has 2 aromatic carbocycles. The second kappa shape index (κ2) is 10.7. The van der Waals surface area contributed by atoms with Crippen LogP contribution in [0.15, 0.2) is 48.5 Å². The Bertz CT molecular complexity index is 970. The highest BCUT2D eigenvalue weighted by Crippen LogP contribution is 2.23. The van der Waals surface area contributed by atoms with Crippen LogP contribution in [0.3, 0.4) is 0 Å². The fourth-order valence-electron chi connectivity index (χ4n) is 3.27. The molecule has 0 saturated carbocycles. The maximum Gasteiger partial charge on any atom is 0.408 e. The maximum absolute atomic E-state index is 14.5. The molecule has 0 fully saturated rings. The van der Waals surface area contributed by atoms with Gasteiger partial charge in [-0.1, -0.05) is 55.8 Å². The number of benzene rings is 2. The number of amides is 1. The normalized spacial score (nSPS) is 13.4. The van der Waals surface area contributed by atoms with E-state index in [0.29, 0.717) is 0 Å². The Hall–Kier alpha value is -2.73. The van der Waals surface area contributed by atoms with Crippen LogP contribution in [0.5, 0.6) is 0 Å². The number of alkyl carbamates (subject to hydrolysis) is 1. The largest absolute Gasteiger partial charge is 0.444 e. The Kier molecular flexibility index (Phi) is 8.56. The third kappa shape index (κ3) is 7.16. The number of carbonyl (C=O) groups excluding carboxylic acids is 3. The summed E-state index contributed by atoms with van der Waals surface area (Å²) in [4.78, 5) is 39.2. The van der Waals surface area contributed by atoms with E-state index in [2.05, 4.69) is 5.32 Å². The Labute approximate surface area is 193 Å². The molecule has 5 nitrogen and oxygen atoms in total. The average molecular weight is 462 g/mol. The molecule has 2 aromatic rings. The number of Topliss-reactive ketones (excluding diaryl/α,β-unsaturated/α-hetero) is 2. The van der Waals surface area contributed by atoms with Gasteiger partial charge >= 0.3 is 6.09 Å². The van der Waals surface area contributed by atoms with E-state index in [4.69, 9.17) is 16.3 Å². The van der Waals surface area contributed by atoms with Crippen molar-refractivity contribution >= 4 is 29.3 Å². The summed E-state index contributed by atoms with van der Waals surface area (Å²) in [5, 5.41) is 2.74. The van der Waals surface area contributed by atoms with Crippen molar-refractivity contribution in [3.05, 3.63) is 70.5 Å². The fourth-order valence-corrected chi connectivity index (χ4v) is 3.43. The van der Waals surface area contributed by atoms with Gasteiger partial charge in [0.2, 0.25) is 0 Å². The van der Waals surface area contributed by atoms with Crippen LogP contribution < -0.4 is 5.32 Å². The minimum absolute atomic E-state index is 0.0692. The van der Waals surface area contributed by atoms with Crippen LogP contribution in [0.4, 0.5) is 9.18 Å². The Morgan fingerprint density at radius 1 is 1.06 bits per heavy atom. The number of rotatable bonds is 8. The molecular weight excluding hydrogens is 433 g/mol. The summed E-state index contributed by atoms with van der Waals surface area (Å²) in [6, 6.07) is 11.7. The third-order valence-corrected chi connectivity index (χ3v) is 5.02. The SMILES string of the molecule is CC(C)C(NC(=O)OC(C)(C)C)C(=O)C(Cc1ccccc1)C(=O)c1ccc(Cl)cc1F. The van der Waals surface area contributed by atoms with E-state index in [9.17, 15) is 18.8 Å². The summed E-state index contributed by atoms with van der Waals surface area (Å²) in [5.74, 6) is -3.49. The van der Waals surface area contributed by atoms with E-state index in [1.807, 2.05) is 6.07 Å². The molecule has 0 radical (unpaired) electrons. The first kappa shape index (κ1) is 25.5. The van der Waals surface area contributed by atoms with Crippen molar-refractivity contribution in [3.8, 4) is 0 Å². The first-order valence-electron chi connectivity index (χ1n) is 10.5. The van der Waals surface area contributed by atoms with E-state index in [1.165, 1.54) is 12.1 Å². The van der Waals surface area contributed by atoms with Gasteiger partial charge in [-0.15, -0.1) is 0 Å². The van der Waals surface area contributed by atoms with E-state index < -0.39 is 41.0 Å². The zero-order chi connectivity index (χ0) is 24.1. The number of halogens is 2. The molecule has 172 valence electrons. The third-order valence-electron chi connectivity index (χ3n) is 4.78. The molecule has 2 rings (SSSR count). The van der Waals surface area contributed by atoms with Crippen molar-refractivity contribution in [2.75, 3.05) is 0 Å². The van der Waals surface area contributed by atoms with Crippen molar-refractivity contribution in [2.45, 2.75) is 52.7 Å². The van der Waals surface area contributed by atoms with Crippen LogP contribution in [0.1, 0.15) is 50.5 Å². The molecule has 0 spiro atoms. The summed E-state index contributed by atoms with van der Waals surface area (Å²) in [5.41, 5.74) is -0.225. The first-order valence-corrected chi connectivity index (χ1v) is 10.8. The summed E-state index contributed by atoms with van der Waals surface area (Å²) in [6.45, 7) is 8.65. The Morgan fingerprint density at radius 2 is 1.69 bits per heavy atom. The first-order chi connectivity index (χ1) is 14.9. The zero-order valence-electron chi connectivity index (χ0n) is 18.9. The number of carbonyl (C=O) groups is 3. The van der Waals surface area contributed by atoms with Crippen LogP contribution in [0, 0.1) is 17.7 Å². The predicted octanol–water partition coefficient (Wildman–Crippen LogP) is 5.64. The summed E-state index contributed by atoms with van der Waals surface area (Å²) < 4.78 is 19.8. The zero-order valence-corrected chi connectivity index (χ0v) is 19.7. The molecule has 2 unspecified atom stereocenters. The van der Waals surface area contributed by atoms with Crippen molar-refractivity contribution in [3.63, 3.8) is 0 Å². The van der Waals surface area contributed by atoms with Gasteiger partial charge in [-0.25, -0.2) is 9.18 Å². The molecule has 32 heavy (non-hydrogen) atoms. The molecule has 0 aliphatic carbocycles. The molecule has 1 N–H and O–H groups in total. The van der Waals surface area contributed by atoms with Crippen LogP contribution in [0.25, 0.3) is 0 Å². The van der Waals surface area contributed by atoms with Crippen LogP contribution in [0.2, 0.25) is 5.02 Å². The highest BCUT2D eigenvalue weighted by Gasteiger charge is 2.37. The van der Waals surface area contributed by atoms with Gasteiger partial charge in [-0.05, 0) is 56.9 Å². The van der Waals surface area contributed by atoms with Crippen molar-refractivity contribution in [1.82, 2.24) is 5.32 Å². The second-order valence-electron chi connectivity index (χ2n) is 9.00. The molecular formula is C25H29ClFNO4. The van der Waals surface area contributed by atoms with Crippen molar-refractivity contribution in [1.29, 1.82) is 0 Å². The highest BCUT2D eigenvalue weighted by atomic mass is 35.5. The second-order valence-corrected chi connectivity index (χ2v) is 9.44. The van der Waals surface area contributed by atoms with Gasteiger partial charge in [0.15, 0.2) is 11.6 Å². The quantitative estimate of drug-likeness (QED) is 0.408. The molecule has 1 amide bonds. The van der Waals surface area contributed by atoms with Gasteiger partial charge < -0.3 is 10.1 Å². The average Bonchev–Trinajstić information content (AvgIpc) is 2.68. The molecule has 0 saturated heterocycles. The lowest BCUT2D eigenvalue weighted by Gasteiger charge is -2.27. The number of hydrogen-bond donors (Lipinski definition) is 1. The van der Waals surface area contributed by atoms with E-state index in [1.54, 1.807) is 58.9 Å².